The number of nitrogens with zero attached hydrogens (tertiary/aromatic N) is 3. The van der Waals surface area contributed by atoms with E-state index in [9.17, 15) is 9.59 Å². The number of benzene rings is 2. The maximum atomic E-state index is 13.5. The first-order chi connectivity index (χ1) is 16.9. The van der Waals surface area contributed by atoms with Gasteiger partial charge >= 0.3 is 0 Å². The third-order valence-corrected chi connectivity index (χ3v) is 5.93. The zero-order chi connectivity index (χ0) is 25.2. The lowest BCUT2D eigenvalue weighted by atomic mass is 10.1. The lowest BCUT2D eigenvalue weighted by Gasteiger charge is -2.29. The zero-order valence-corrected chi connectivity index (χ0v) is 21.4. The summed E-state index contributed by atoms with van der Waals surface area (Å²) in [6.07, 6.45) is 2.02. The van der Waals surface area contributed by atoms with Crippen LogP contribution in [-0.2, 0) is 22.6 Å². The molecule has 3 aromatic rings. The van der Waals surface area contributed by atoms with E-state index < -0.39 is 0 Å². The van der Waals surface area contributed by atoms with Gasteiger partial charge in [-0.15, -0.1) is 0 Å². The van der Waals surface area contributed by atoms with Crippen LogP contribution in [0.4, 0.5) is 0 Å². The number of amides is 2. The van der Waals surface area contributed by atoms with Gasteiger partial charge in [-0.3, -0.25) is 9.59 Å². The fourth-order valence-corrected chi connectivity index (χ4v) is 4.04. The molecule has 6 nitrogen and oxygen atoms in total. The van der Waals surface area contributed by atoms with Crippen molar-refractivity contribution >= 4 is 23.4 Å². The largest absolute Gasteiger partial charge is 0.383 e. The Balaban J connectivity index is 1.76. The van der Waals surface area contributed by atoms with Gasteiger partial charge in [-0.05, 0) is 47.9 Å². The lowest BCUT2D eigenvalue weighted by molar-refractivity contribution is -0.133. The van der Waals surface area contributed by atoms with Gasteiger partial charge in [-0.1, -0.05) is 55.8 Å². The topological polar surface area (TPSA) is 54.8 Å². The molecule has 0 saturated carbocycles. The van der Waals surface area contributed by atoms with Crippen molar-refractivity contribution in [2.24, 2.45) is 5.92 Å². The third-order valence-electron chi connectivity index (χ3n) is 5.68. The summed E-state index contributed by atoms with van der Waals surface area (Å²) >= 11 is 5.99. The van der Waals surface area contributed by atoms with Crippen molar-refractivity contribution in [2.45, 2.75) is 26.9 Å². The van der Waals surface area contributed by atoms with Crippen LogP contribution in [-0.4, -0.2) is 59.5 Å². The molecule has 0 atom stereocenters. The molecule has 2 amide bonds. The summed E-state index contributed by atoms with van der Waals surface area (Å²) in [5.74, 6) is -0.0742. The van der Waals surface area contributed by atoms with E-state index in [2.05, 4.69) is 16.7 Å². The molecule has 7 heteroatoms. The molecule has 3 rings (SSSR count). The zero-order valence-electron chi connectivity index (χ0n) is 20.7. The van der Waals surface area contributed by atoms with E-state index in [1.807, 2.05) is 50.4 Å². The van der Waals surface area contributed by atoms with Crippen LogP contribution >= 0.6 is 11.6 Å². The summed E-state index contributed by atoms with van der Waals surface area (Å²) in [7, 11) is 1.62. The van der Waals surface area contributed by atoms with Crippen molar-refractivity contribution in [3.63, 3.8) is 0 Å². The SMILES string of the molecule is COCCN(Cc1cccn1Cc1ccccc1)C(=O)CN(CC(C)C)C(=O)c1ccc(Cl)cc1. The van der Waals surface area contributed by atoms with Crippen LogP contribution in [0.3, 0.4) is 0 Å². The Bertz CT molecular complexity index is 1080. The molecule has 2 aromatic carbocycles. The summed E-state index contributed by atoms with van der Waals surface area (Å²) in [5, 5.41) is 0.567. The number of aromatic nitrogens is 1. The maximum absolute atomic E-state index is 13.5. The van der Waals surface area contributed by atoms with Gasteiger partial charge in [-0.2, -0.15) is 0 Å². The second-order valence-electron chi connectivity index (χ2n) is 9.01. The molecule has 1 heterocycles. The molecule has 1 aromatic heterocycles. The summed E-state index contributed by atoms with van der Waals surface area (Å²) in [5.41, 5.74) is 2.73. The van der Waals surface area contributed by atoms with Crippen LogP contribution < -0.4 is 0 Å². The van der Waals surface area contributed by atoms with Crippen molar-refractivity contribution < 1.29 is 14.3 Å². The number of methoxy groups -OCH3 is 1. The highest BCUT2D eigenvalue weighted by molar-refractivity contribution is 6.30. The molecule has 0 aliphatic carbocycles. The molecule has 0 aliphatic heterocycles. The van der Waals surface area contributed by atoms with Crippen molar-refractivity contribution in [2.75, 3.05) is 33.4 Å². The Labute approximate surface area is 213 Å². The average Bonchev–Trinajstić information content (AvgIpc) is 3.28. The van der Waals surface area contributed by atoms with Gasteiger partial charge in [0.05, 0.1) is 13.2 Å². The first kappa shape index (κ1) is 26.5. The fraction of sp³-hybridized carbons (Fsp3) is 0.357. The van der Waals surface area contributed by atoms with E-state index in [-0.39, 0.29) is 24.3 Å². The van der Waals surface area contributed by atoms with Crippen LogP contribution in [0.2, 0.25) is 5.02 Å². The third kappa shape index (κ3) is 7.98. The molecule has 186 valence electrons. The number of halogens is 1. The normalized spacial score (nSPS) is 11.0. The van der Waals surface area contributed by atoms with E-state index in [0.717, 1.165) is 12.2 Å². The van der Waals surface area contributed by atoms with E-state index in [4.69, 9.17) is 16.3 Å². The van der Waals surface area contributed by atoms with Gasteiger partial charge in [0.1, 0.15) is 6.54 Å². The Morgan fingerprint density at radius 2 is 1.69 bits per heavy atom. The molecule has 0 aliphatic rings. The van der Waals surface area contributed by atoms with Crippen LogP contribution in [0, 0.1) is 5.92 Å². The monoisotopic (exact) mass is 495 g/mol. The molecule has 0 saturated heterocycles. The van der Waals surface area contributed by atoms with Crippen LogP contribution in [0.5, 0.6) is 0 Å². The van der Waals surface area contributed by atoms with Crippen LogP contribution in [0.15, 0.2) is 72.9 Å². The summed E-state index contributed by atoms with van der Waals surface area (Å²) in [6.45, 7) is 6.57. The summed E-state index contributed by atoms with van der Waals surface area (Å²) in [4.78, 5) is 30.1. The molecule has 0 N–H and O–H groups in total. The molecular formula is C28H34ClN3O3. The van der Waals surface area contributed by atoms with Gasteiger partial charge in [0.2, 0.25) is 5.91 Å². The lowest BCUT2D eigenvalue weighted by Crippen LogP contribution is -2.45. The van der Waals surface area contributed by atoms with Crippen LogP contribution in [0.25, 0.3) is 0 Å². The van der Waals surface area contributed by atoms with Gasteiger partial charge in [0.25, 0.3) is 5.91 Å². The van der Waals surface area contributed by atoms with E-state index >= 15 is 0 Å². The predicted molar refractivity (Wildman–Crippen MR) is 139 cm³/mol. The molecule has 0 unspecified atom stereocenters. The maximum Gasteiger partial charge on any atom is 0.254 e. The number of ether oxygens (including phenoxy) is 1. The standard InChI is InChI=1S/C28H34ClN3O3/c1-22(2)18-32(28(34)24-11-13-25(29)14-12-24)21-27(33)31(16-17-35-3)20-26-10-7-15-30(26)19-23-8-5-4-6-9-23/h4-15,22H,16-21H2,1-3H3. The molecule has 0 fully saturated rings. The van der Waals surface area contributed by atoms with Gasteiger partial charge < -0.3 is 19.1 Å². The minimum absolute atomic E-state index is 0.00273. The summed E-state index contributed by atoms with van der Waals surface area (Å²) < 4.78 is 7.42. The molecule has 0 bridgehead atoms. The van der Waals surface area contributed by atoms with E-state index in [1.54, 1.807) is 41.2 Å². The Morgan fingerprint density at radius 3 is 2.34 bits per heavy atom. The van der Waals surface area contributed by atoms with Gasteiger partial charge in [0.15, 0.2) is 0 Å². The number of rotatable bonds is 12. The number of hydrogen-bond donors (Lipinski definition) is 0. The van der Waals surface area contributed by atoms with Crippen molar-refractivity contribution in [1.29, 1.82) is 0 Å². The highest BCUT2D eigenvalue weighted by Gasteiger charge is 2.24. The molecule has 0 spiro atoms. The Kier molecular flexibility index (Phi) is 9.94. The number of carbonyl (C=O) groups is 2. The molecule has 35 heavy (non-hydrogen) atoms. The minimum Gasteiger partial charge on any atom is -0.383 e. The number of hydrogen-bond acceptors (Lipinski definition) is 3. The second kappa shape index (κ2) is 13.1. The second-order valence-corrected chi connectivity index (χ2v) is 9.44. The van der Waals surface area contributed by atoms with Crippen molar-refractivity contribution in [3.05, 3.63) is 94.8 Å². The van der Waals surface area contributed by atoms with Gasteiger partial charge in [-0.25, -0.2) is 0 Å². The van der Waals surface area contributed by atoms with Gasteiger partial charge in [0, 0.05) is 49.2 Å². The predicted octanol–water partition coefficient (Wildman–Crippen LogP) is 4.96. The number of carbonyl (C=O) groups excluding carboxylic acids is 2. The Morgan fingerprint density at radius 1 is 0.971 bits per heavy atom. The van der Waals surface area contributed by atoms with Crippen molar-refractivity contribution in [1.82, 2.24) is 14.4 Å². The Hall–Kier alpha value is -3.09. The van der Waals surface area contributed by atoms with E-state index in [0.29, 0.717) is 36.8 Å². The van der Waals surface area contributed by atoms with Crippen LogP contribution in [0.1, 0.15) is 35.5 Å². The molecular weight excluding hydrogens is 462 g/mol. The van der Waals surface area contributed by atoms with Crippen molar-refractivity contribution in [3.8, 4) is 0 Å². The summed E-state index contributed by atoms with van der Waals surface area (Å²) in [6, 6.07) is 21.0. The van der Waals surface area contributed by atoms with E-state index in [1.165, 1.54) is 5.56 Å². The first-order valence-corrected chi connectivity index (χ1v) is 12.2. The smallest absolute Gasteiger partial charge is 0.254 e. The fourth-order valence-electron chi connectivity index (χ4n) is 3.91. The molecule has 0 radical (unpaired) electrons. The minimum atomic E-state index is -0.178. The highest BCUT2D eigenvalue weighted by Crippen LogP contribution is 2.15. The first-order valence-electron chi connectivity index (χ1n) is 11.9. The quantitative estimate of drug-likeness (QED) is 0.356. The highest BCUT2D eigenvalue weighted by atomic mass is 35.5. The average molecular weight is 496 g/mol.